The largest absolute Gasteiger partial charge is 0.394 e. The maximum Gasteiger partial charge on any atom is 0.00277 e. The Labute approximate surface area is 152 Å². The minimum atomic E-state index is 1.03. The van der Waals surface area contributed by atoms with E-state index in [1.54, 1.807) is 0 Å². The van der Waals surface area contributed by atoms with Crippen LogP contribution in [0, 0.1) is 6.92 Å². The van der Waals surface area contributed by atoms with Crippen molar-refractivity contribution in [2.45, 2.75) is 33.6 Å². The van der Waals surface area contributed by atoms with E-state index in [4.69, 9.17) is 0 Å². The van der Waals surface area contributed by atoms with Gasteiger partial charge in [0.25, 0.3) is 0 Å². The molecule has 0 fully saturated rings. The number of allylic oxidation sites excluding steroid dienone is 4. The van der Waals surface area contributed by atoms with Gasteiger partial charge < -0.3 is 5.32 Å². The molecule has 130 valence electrons. The van der Waals surface area contributed by atoms with Crippen LogP contribution in [0.1, 0.15) is 36.1 Å². The van der Waals surface area contributed by atoms with E-state index in [-0.39, 0.29) is 0 Å². The zero-order valence-corrected chi connectivity index (χ0v) is 15.9. The first-order valence-electron chi connectivity index (χ1n) is 9.02. The van der Waals surface area contributed by atoms with E-state index in [0.717, 1.165) is 18.4 Å². The molecule has 2 rings (SSSR count). The van der Waals surface area contributed by atoms with Crippen LogP contribution in [0.5, 0.6) is 0 Å². The Kier molecular flexibility index (Phi) is 6.82. The molecule has 0 aliphatic rings. The lowest BCUT2D eigenvalue weighted by Crippen LogP contribution is -1.92. The minimum absolute atomic E-state index is 1.03. The second kappa shape index (κ2) is 9.08. The van der Waals surface area contributed by atoms with Crippen molar-refractivity contribution in [1.29, 1.82) is 0 Å². The van der Waals surface area contributed by atoms with E-state index in [0.29, 0.717) is 0 Å². The van der Waals surface area contributed by atoms with Gasteiger partial charge >= 0.3 is 0 Å². The average molecular weight is 332 g/mol. The molecule has 0 spiro atoms. The molecule has 0 aliphatic carbocycles. The number of rotatable bonds is 7. The van der Waals surface area contributed by atoms with Crippen LogP contribution >= 0.6 is 0 Å². The predicted octanol–water partition coefficient (Wildman–Crippen LogP) is 6.09. The molecular weight excluding hydrogens is 302 g/mol. The minimum Gasteiger partial charge on any atom is -0.394 e. The first kappa shape index (κ1) is 18.8. The van der Waals surface area contributed by atoms with Crippen molar-refractivity contribution in [3.63, 3.8) is 0 Å². The van der Waals surface area contributed by atoms with Crippen molar-refractivity contribution in [2.75, 3.05) is 7.05 Å². The lowest BCUT2D eigenvalue weighted by atomic mass is 9.93. The molecule has 0 aromatic heterocycles. The van der Waals surface area contributed by atoms with E-state index in [9.17, 15) is 0 Å². The van der Waals surface area contributed by atoms with Gasteiger partial charge in [-0.1, -0.05) is 62.9 Å². The van der Waals surface area contributed by atoms with Crippen LogP contribution in [-0.2, 0) is 12.8 Å². The van der Waals surface area contributed by atoms with Gasteiger partial charge in [-0.2, -0.15) is 0 Å². The molecule has 0 radical (unpaired) electrons. The van der Waals surface area contributed by atoms with Gasteiger partial charge in [-0.25, -0.2) is 0 Å². The van der Waals surface area contributed by atoms with Crippen LogP contribution in [0.15, 0.2) is 67.4 Å². The molecule has 0 bridgehead atoms. The van der Waals surface area contributed by atoms with E-state index < -0.39 is 0 Å². The summed E-state index contributed by atoms with van der Waals surface area (Å²) in [5, 5.41) is 2.98. The third-order valence-electron chi connectivity index (χ3n) is 4.46. The van der Waals surface area contributed by atoms with Gasteiger partial charge in [-0.15, -0.1) is 0 Å². The number of hydrogen-bond acceptors (Lipinski definition) is 1. The topological polar surface area (TPSA) is 12.0 Å². The summed E-state index contributed by atoms with van der Waals surface area (Å²) in [7, 11) is 1.89. The lowest BCUT2D eigenvalue weighted by Gasteiger charge is -2.12. The van der Waals surface area contributed by atoms with Gasteiger partial charge in [0.1, 0.15) is 0 Å². The third-order valence-corrected chi connectivity index (χ3v) is 4.46. The van der Waals surface area contributed by atoms with Gasteiger partial charge in [0.15, 0.2) is 0 Å². The van der Waals surface area contributed by atoms with Crippen molar-refractivity contribution in [3.05, 3.63) is 89.7 Å². The Morgan fingerprint density at radius 3 is 2.24 bits per heavy atom. The fourth-order valence-electron chi connectivity index (χ4n) is 2.90. The molecule has 0 saturated carbocycles. The first-order chi connectivity index (χ1) is 12.1. The summed E-state index contributed by atoms with van der Waals surface area (Å²) in [5.41, 5.74) is 8.82. The zero-order valence-electron chi connectivity index (χ0n) is 15.9. The fraction of sp³-hybridized carbons (Fsp3) is 0.250. The first-order valence-corrected chi connectivity index (χ1v) is 9.02. The fourth-order valence-corrected chi connectivity index (χ4v) is 2.90. The standard InChI is InChI=1S/C24H29N/c1-6-20-14-21(7-2)16-23(15-20)22-12-11-19(4)24(17-22)18(3)10-8-9-13-25-5/h8-17,25H,3,6-7H2,1-2,4-5H3/b10-8-,13-9-. The number of aryl methyl sites for hydroxylation is 3. The van der Waals surface area contributed by atoms with Crippen LogP contribution in [0.3, 0.4) is 0 Å². The van der Waals surface area contributed by atoms with Crippen LogP contribution in [0.2, 0.25) is 0 Å². The third kappa shape index (κ3) is 4.96. The highest BCUT2D eigenvalue weighted by Crippen LogP contribution is 2.28. The van der Waals surface area contributed by atoms with E-state index >= 15 is 0 Å². The highest BCUT2D eigenvalue weighted by molar-refractivity contribution is 5.78. The quantitative estimate of drug-likeness (QED) is 0.605. The second-order valence-corrected chi connectivity index (χ2v) is 6.31. The summed E-state index contributed by atoms with van der Waals surface area (Å²) in [4.78, 5) is 0. The lowest BCUT2D eigenvalue weighted by molar-refractivity contribution is 1.09. The molecule has 1 N–H and O–H groups in total. The van der Waals surface area contributed by atoms with E-state index in [1.165, 1.54) is 33.4 Å². The number of hydrogen-bond donors (Lipinski definition) is 1. The Hall–Kier alpha value is -2.54. The van der Waals surface area contributed by atoms with Gasteiger partial charge in [0.05, 0.1) is 0 Å². The molecular formula is C24H29N. The summed E-state index contributed by atoms with van der Waals surface area (Å²) in [6.07, 6.45) is 10.1. The SMILES string of the molecule is C=C(/C=C\C=C/NC)c1cc(-c2cc(CC)cc(CC)c2)ccc1C. The molecule has 0 heterocycles. The normalized spacial score (nSPS) is 11.4. The predicted molar refractivity (Wildman–Crippen MR) is 112 cm³/mol. The maximum atomic E-state index is 4.24. The summed E-state index contributed by atoms with van der Waals surface area (Å²) in [5.74, 6) is 0. The molecule has 1 heteroatoms. The Bertz CT molecular complexity index is 771. The molecule has 1 nitrogen and oxygen atoms in total. The summed E-state index contributed by atoms with van der Waals surface area (Å²) in [6.45, 7) is 10.8. The summed E-state index contributed by atoms with van der Waals surface area (Å²) >= 11 is 0. The highest BCUT2D eigenvalue weighted by atomic mass is 14.8. The van der Waals surface area contributed by atoms with Crippen molar-refractivity contribution >= 4 is 5.57 Å². The van der Waals surface area contributed by atoms with Gasteiger partial charge in [0, 0.05) is 7.05 Å². The van der Waals surface area contributed by atoms with Crippen molar-refractivity contribution < 1.29 is 0 Å². The van der Waals surface area contributed by atoms with Crippen molar-refractivity contribution in [3.8, 4) is 11.1 Å². The molecule has 2 aromatic carbocycles. The summed E-state index contributed by atoms with van der Waals surface area (Å²) in [6, 6.07) is 13.6. The zero-order chi connectivity index (χ0) is 18.2. The number of nitrogens with one attached hydrogen (secondary N) is 1. The molecule has 2 aromatic rings. The van der Waals surface area contributed by atoms with E-state index in [1.807, 2.05) is 25.4 Å². The molecule has 25 heavy (non-hydrogen) atoms. The maximum absolute atomic E-state index is 4.24. The average Bonchev–Trinajstić information content (AvgIpc) is 2.64. The molecule has 0 atom stereocenters. The van der Waals surface area contributed by atoms with Gasteiger partial charge in [-0.05, 0) is 77.1 Å². The molecule has 0 amide bonds. The van der Waals surface area contributed by atoms with Crippen LogP contribution in [-0.4, -0.2) is 7.05 Å². The Morgan fingerprint density at radius 2 is 1.64 bits per heavy atom. The highest BCUT2D eigenvalue weighted by Gasteiger charge is 2.06. The van der Waals surface area contributed by atoms with Gasteiger partial charge in [0.2, 0.25) is 0 Å². The second-order valence-electron chi connectivity index (χ2n) is 6.31. The molecule has 0 aliphatic heterocycles. The molecule has 0 saturated heterocycles. The molecule has 0 unspecified atom stereocenters. The van der Waals surface area contributed by atoms with Gasteiger partial charge in [-0.3, -0.25) is 0 Å². The number of benzene rings is 2. The monoisotopic (exact) mass is 331 g/mol. The van der Waals surface area contributed by atoms with Crippen LogP contribution < -0.4 is 5.32 Å². The van der Waals surface area contributed by atoms with Crippen LogP contribution in [0.25, 0.3) is 16.7 Å². The van der Waals surface area contributed by atoms with Crippen LogP contribution in [0.4, 0.5) is 0 Å². The van der Waals surface area contributed by atoms with Crippen molar-refractivity contribution in [2.24, 2.45) is 0 Å². The van der Waals surface area contributed by atoms with E-state index in [2.05, 4.69) is 75.1 Å². The smallest absolute Gasteiger partial charge is 0.00277 e. The summed E-state index contributed by atoms with van der Waals surface area (Å²) < 4.78 is 0. The Balaban J connectivity index is 2.40. The van der Waals surface area contributed by atoms with Crippen molar-refractivity contribution in [1.82, 2.24) is 5.32 Å². The Morgan fingerprint density at radius 1 is 0.960 bits per heavy atom.